The number of fused-ring (bicyclic) bond motifs is 1. The van der Waals surface area contributed by atoms with Gasteiger partial charge in [0.15, 0.2) is 0 Å². The van der Waals surface area contributed by atoms with Gasteiger partial charge in [-0.05, 0) is 40.5 Å². The van der Waals surface area contributed by atoms with Crippen molar-refractivity contribution in [3.8, 4) is 0 Å². The van der Waals surface area contributed by atoms with Gasteiger partial charge in [0, 0.05) is 16.9 Å². The maximum absolute atomic E-state index is 13.5. The van der Waals surface area contributed by atoms with Gasteiger partial charge in [-0.2, -0.15) is 0 Å². The summed E-state index contributed by atoms with van der Waals surface area (Å²) in [5.41, 5.74) is -1.58. The van der Waals surface area contributed by atoms with Crippen molar-refractivity contribution in [3.05, 3.63) is 0 Å². The van der Waals surface area contributed by atoms with Crippen molar-refractivity contribution >= 4 is 33.7 Å². The van der Waals surface area contributed by atoms with Crippen LogP contribution in [0.15, 0.2) is 0 Å². The third-order valence-electron chi connectivity index (χ3n) is 6.06. The Morgan fingerprint density at radius 2 is 2.03 bits per heavy atom. The molecular weight excluding hydrogens is 442 g/mol. The summed E-state index contributed by atoms with van der Waals surface area (Å²) in [7, 11) is 0. The predicted molar refractivity (Wildman–Crippen MR) is 110 cm³/mol. The predicted octanol–water partition coefficient (Wildman–Crippen LogP) is 0.556. The lowest BCUT2D eigenvalue weighted by Crippen LogP contribution is -2.60. The third-order valence-corrected chi connectivity index (χ3v) is 6.91. The Balaban J connectivity index is 2.03. The summed E-state index contributed by atoms with van der Waals surface area (Å²) in [4.78, 5) is 41.1. The lowest BCUT2D eigenvalue weighted by atomic mass is 9.70. The zero-order valence-corrected chi connectivity index (χ0v) is 19.3. The van der Waals surface area contributed by atoms with Crippen LogP contribution >= 0.6 is 15.9 Å². The zero-order chi connectivity index (χ0) is 21.7. The number of nitrogens with one attached hydrogen (secondary N) is 2. The minimum atomic E-state index is -1.08. The number of carbonyl (C=O) groups is 3. The van der Waals surface area contributed by atoms with Crippen LogP contribution < -0.4 is 10.6 Å². The molecule has 0 saturated carbocycles. The molecule has 3 rings (SSSR count). The summed E-state index contributed by atoms with van der Waals surface area (Å²) in [6.45, 7) is 9.53. The van der Waals surface area contributed by atoms with Crippen molar-refractivity contribution < 1.29 is 24.2 Å². The Morgan fingerprint density at radius 1 is 1.38 bits per heavy atom. The smallest absolute Gasteiger partial charge is 0.246 e. The van der Waals surface area contributed by atoms with Crippen molar-refractivity contribution in [2.75, 3.05) is 13.2 Å². The van der Waals surface area contributed by atoms with Crippen LogP contribution in [0.4, 0.5) is 0 Å². The van der Waals surface area contributed by atoms with Crippen LogP contribution in [0.25, 0.3) is 0 Å². The Hall–Kier alpha value is -1.19. The molecular formula is C20H32BrN3O5. The molecule has 0 aromatic carbocycles. The van der Waals surface area contributed by atoms with E-state index in [1.165, 1.54) is 4.90 Å². The first-order valence-corrected chi connectivity index (χ1v) is 11.2. The largest absolute Gasteiger partial charge is 0.394 e. The maximum atomic E-state index is 13.5. The summed E-state index contributed by atoms with van der Waals surface area (Å²) >= 11 is 3.62. The number of hydrogen-bond acceptors (Lipinski definition) is 5. The fourth-order valence-electron chi connectivity index (χ4n) is 5.03. The van der Waals surface area contributed by atoms with Gasteiger partial charge in [0.25, 0.3) is 0 Å². The molecule has 0 aromatic heterocycles. The SMILES string of the molecule is CCCNC(=O)[C@H]1[C@H]2C(=O)N([C@H](C)CO)C(C(=O)NC(C)(C)C)C23CC(Br)[C@@H]1O3. The Morgan fingerprint density at radius 3 is 2.59 bits per heavy atom. The molecule has 3 N–H and O–H groups in total. The molecule has 9 heteroatoms. The summed E-state index contributed by atoms with van der Waals surface area (Å²) in [6.07, 6.45) is 0.787. The molecule has 3 aliphatic heterocycles. The number of rotatable bonds is 6. The first kappa shape index (κ1) is 22.5. The highest BCUT2D eigenvalue weighted by molar-refractivity contribution is 9.09. The number of aliphatic hydroxyl groups excluding tert-OH is 1. The monoisotopic (exact) mass is 473 g/mol. The molecule has 29 heavy (non-hydrogen) atoms. The van der Waals surface area contributed by atoms with Crippen LogP contribution in [0.1, 0.15) is 47.5 Å². The van der Waals surface area contributed by atoms with Gasteiger partial charge in [-0.3, -0.25) is 14.4 Å². The molecule has 3 fully saturated rings. The number of alkyl halides is 1. The molecule has 0 radical (unpaired) electrons. The number of likely N-dealkylation sites (tertiary alicyclic amines) is 1. The van der Waals surface area contributed by atoms with Crippen molar-refractivity contribution in [1.29, 1.82) is 0 Å². The molecule has 3 heterocycles. The second-order valence-corrected chi connectivity index (χ2v) is 10.6. The second kappa shape index (κ2) is 7.81. The van der Waals surface area contributed by atoms with E-state index in [-0.39, 0.29) is 29.2 Å². The van der Waals surface area contributed by atoms with E-state index in [9.17, 15) is 19.5 Å². The highest BCUT2D eigenvalue weighted by Gasteiger charge is 2.76. The summed E-state index contributed by atoms with van der Waals surface area (Å²) < 4.78 is 6.34. The fraction of sp³-hybridized carbons (Fsp3) is 0.850. The van der Waals surface area contributed by atoms with E-state index in [0.717, 1.165) is 6.42 Å². The van der Waals surface area contributed by atoms with Crippen LogP contribution in [-0.4, -0.2) is 75.0 Å². The molecule has 2 bridgehead atoms. The lowest BCUT2D eigenvalue weighted by Gasteiger charge is -2.37. The minimum absolute atomic E-state index is 0.127. The van der Waals surface area contributed by atoms with E-state index in [2.05, 4.69) is 26.6 Å². The number of hydrogen-bond donors (Lipinski definition) is 3. The van der Waals surface area contributed by atoms with Gasteiger partial charge >= 0.3 is 0 Å². The van der Waals surface area contributed by atoms with Gasteiger partial charge < -0.3 is 25.4 Å². The van der Waals surface area contributed by atoms with E-state index in [1.54, 1.807) is 6.92 Å². The van der Waals surface area contributed by atoms with Crippen molar-refractivity contribution in [3.63, 3.8) is 0 Å². The Labute approximate surface area is 180 Å². The number of nitrogens with zero attached hydrogens (tertiary/aromatic N) is 1. The molecule has 0 aromatic rings. The summed E-state index contributed by atoms with van der Waals surface area (Å²) in [6, 6.07) is -1.45. The van der Waals surface area contributed by atoms with E-state index < -0.39 is 41.2 Å². The van der Waals surface area contributed by atoms with Crippen molar-refractivity contribution in [1.82, 2.24) is 15.5 Å². The maximum Gasteiger partial charge on any atom is 0.246 e. The van der Waals surface area contributed by atoms with E-state index in [0.29, 0.717) is 13.0 Å². The number of aliphatic hydroxyl groups is 1. The highest BCUT2D eigenvalue weighted by Crippen LogP contribution is 2.60. The molecule has 8 nitrogen and oxygen atoms in total. The molecule has 164 valence electrons. The normalized spacial score (nSPS) is 36.9. The van der Waals surface area contributed by atoms with Gasteiger partial charge in [0.05, 0.1) is 30.6 Å². The van der Waals surface area contributed by atoms with E-state index >= 15 is 0 Å². The van der Waals surface area contributed by atoms with E-state index in [4.69, 9.17) is 4.74 Å². The molecule has 0 aliphatic carbocycles. The lowest BCUT2D eigenvalue weighted by molar-refractivity contribution is -0.145. The van der Waals surface area contributed by atoms with E-state index in [1.807, 2.05) is 27.7 Å². The standard InChI is InChI=1S/C20H32BrN3O5/c1-6-7-22-16(26)12-13-18(28)24(10(2)9-25)15(17(27)23-19(3,4)5)20(13)8-11(21)14(12)29-20/h10-15,25H,6-9H2,1-5H3,(H,22,26)(H,23,27)/t10-,11?,12+,13+,14+,15?,20?/m1/s1. The summed E-state index contributed by atoms with van der Waals surface area (Å²) in [5, 5.41) is 15.6. The molecule has 1 spiro atoms. The Bertz CT molecular complexity index is 696. The van der Waals surface area contributed by atoms with Crippen LogP contribution in [0.5, 0.6) is 0 Å². The van der Waals surface area contributed by atoms with Crippen LogP contribution in [0, 0.1) is 11.8 Å². The number of carbonyl (C=O) groups excluding carboxylic acids is 3. The summed E-state index contributed by atoms with van der Waals surface area (Å²) in [5.74, 6) is -2.21. The first-order valence-electron chi connectivity index (χ1n) is 10.3. The van der Waals surface area contributed by atoms with Crippen LogP contribution in [0.2, 0.25) is 0 Å². The second-order valence-electron chi connectivity index (χ2n) is 9.47. The van der Waals surface area contributed by atoms with Crippen molar-refractivity contribution in [2.24, 2.45) is 11.8 Å². The quantitative estimate of drug-likeness (QED) is 0.488. The molecule has 3 amide bonds. The van der Waals surface area contributed by atoms with Gasteiger partial charge in [0.2, 0.25) is 17.7 Å². The highest BCUT2D eigenvalue weighted by atomic mass is 79.9. The molecule has 3 unspecified atom stereocenters. The number of halogens is 1. The molecule has 3 saturated heterocycles. The van der Waals surface area contributed by atoms with Crippen LogP contribution in [-0.2, 0) is 19.1 Å². The number of amides is 3. The number of ether oxygens (including phenoxy) is 1. The molecule has 3 aliphatic rings. The van der Waals surface area contributed by atoms with Crippen LogP contribution in [0.3, 0.4) is 0 Å². The zero-order valence-electron chi connectivity index (χ0n) is 17.7. The van der Waals surface area contributed by atoms with Gasteiger partial charge in [-0.15, -0.1) is 0 Å². The average molecular weight is 474 g/mol. The molecule has 7 atom stereocenters. The van der Waals surface area contributed by atoms with Gasteiger partial charge in [0.1, 0.15) is 11.6 Å². The fourth-order valence-corrected chi connectivity index (χ4v) is 5.98. The minimum Gasteiger partial charge on any atom is -0.394 e. The first-order chi connectivity index (χ1) is 13.5. The Kier molecular flexibility index (Phi) is 6.06. The topological polar surface area (TPSA) is 108 Å². The van der Waals surface area contributed by atoms with Gasteiger partial charge in [-0.1, -0.05) is 22.9 Å². The average Bonchev–Trinajstić information content (AvgIpc) is 3.21. The third kappa shape index (κ3) is 3.59. The van der Waals surface area contributed by atoms with Crippen molar-refractivity contribution in [2.45, 2.75) is 81.6 Å². The van der Waals surface area contributed by atoms with Gasteiger partial charge in [-0.25, -0.2) is 0 Å².